The molecule has 2 N–H and O–H groups in total. The van der Waals surface area contributed by atoms with Crippen LogP contribution in [0.3, 0.4) is 0 Å². The second-order valence-electron chi connectivity index (χ2n) is 7.46. The first-order valence-electron chi connectivity index (χ1n) is 9.16. The summed E-state index contributed by atoms with van der Waals surface area (Å²) < 4.78 is 0. The zero-order valence-electron chi connectivity index (χ0n) is 14.5. The molecule has 2 heterocycles. The summed E-state index contributed by atoms with van der Waals surface area (Å²) in [7, 11) is 0. The molecule has 2 aliphatic rings. The molecular weight excluding hydrogens is 298 g/mol. The first kappa shape index (κ1) is 15.8. The summed E-state index contributed by atoms with van der Waals surface area (Å²) in [6.07, 6.45) is 4.18. The average molecular weight is 325 g/mol. The molecule has 128 valence electrons. The van der Waals surface area contributed by atoms with E-state index in [0.717, 1.165) is 48.9 Å². The number of anilines is 1. The van der Waals surface area contributed by atoms with E-state index in [1.165, 1.54) is 25.8 Å². The molecule has 2 aromatic rings. The van der Waals surface area contributed by atoms with E-state index < -0.39 is 0 Å². The van der Waals surface area contributed by atoms with Gasteiger partial charge in [0.05, 0.1) is 12.1 Å². The van der Waals surface area contributed by atoms with Crippen molar-refractivity contribution in [2.75, 3.05) is 31.9 Å². The monoisotopic (exact) mass is 325 g/mol. The second-order valence-corrected chi connectivity index (χ2v) is 7.46. The largest absolute Gasteiger partial charge is 0.383 e. The van der Waals surface area contributed by atoms with E-state index in [-0.39, 0.29) is 0 Å². The summed E-state index contributed by atoms with van der Waals surface area (Å²) in [6, 6.07) is 8.81. The number of hydrogen-bond donors (Lipinski definition) is 1. The van der Waals surface area contributed by atoms with E-state index in [4.69, 9.17) is 10.7 Å². The Bertz CT molecular complexity index is 712. The molecule has 0 amide bonds. The van der Waals surface area contributed by atoms with Crippen LogP contribution in [-0.2, 0) is 6.54 Å². The number of nitrogen functional groups attached to an aromatic ring is 1. The molecule has 1 unspecified atom stereocenters. The van der Waals surface area contributed by atoms with E-state index >= 15 is 0 Å². The predicted octanol–water partition coefficient (Wildman–Crippen LogP) is 2.52. The van der Waals surface area contributed by atoms with Gasteiger partial charge in [0.1, 0.15) is 11.6 Å². The highest BCUT2D eigenvalue weighted by molar-refractivity contribution is 5.87. The zero-order valence-corrected chi connectivity index (χ0v) is 14.5. The van der Waals surface area contributed by atoms with Gasteiger partial charge in [0, 0.05) is 37.6 Å². The lowest BCUT2D eigenvalue weighted by Gasteiger charge is -2.37. The second kappa shape index (κ2) is 6.65. The molecule has 1 atom stereocenters. The van der Waals surface area contributed by atoms with E-state index in [0.29, 0.717) is 11.7 Å². The van der Waals surface area contributed by atoms with Crippen molar-refractivity contribution in [1.29, 1.82) is 0 Å². The zero-order chi connectivity index (χ0) is 16.5. The fraction of sp³-hybridized carbons (Fsp3) is 0.579. The third-order valence-electron chi connectivity index (χ3n) is 5.45. The maximum atomic E-state index is 6.13. The van der Waals surface area contributed by atoms with Crippen LogP contribution in [-0.4, -0.2) is 52.0 Å². The van der Waals surface area contributed by atoms with E-state index in [1.54, 1.807) is 0 Å². The van der Waals surface area contributed by atoms with E-state index in [9.17, 15) is 0 Å². The minimum atomic E-state index is 0.592. The lowest BCUT2D eigenvalue weighted by Crippen LogP contribution is -2.43. The van der Waals surface area contributed by atoms with Gasteiger partial charge in [-0.15, -0.1) is 0 Å². The summed E-state index contributed by atoms with van der Waals surface area (Å²) >= 11 is 0. The highest BCUT2D eigenvalue weighted by atomic mass is 15.2. The molecule has 0 radical (unpaired) electrons. The van der Waals surface area contributed by atoms with Gasteiger partial charge in [-0.1, -0.05) is 25.5 Å². The van der Waals surface area contributed by atoms with Gasteiger partial charge < -0.3 is 5.73 Å². The van der Waals surface area contributed by atoms with Crippen LogP contribution in [0.1, 0.15) is 32.0 Å². The minimum Gasteiger partial charge on any atom is -0.383 e. The highest BCUT2D eigenvalue weighted by Gasteiger charge is 2.29. The van der Waals surface area contributed by atoms with Crippen molar-refractivity contribution in [2.24, 2.45) is 5.92 Å². The first-order chi connectivity index (χ1) is 11.7. The Labute approximate surface area is 143 Å². The molecule has 5 nitrogen and oxygen atoms in total. The van der Waals surface area contributed by atoms with Crippen molar-refractivity contribution < 1.29 is 0 Å². The SMILES string of the molecule is CC1CN(Cc2nc(N)c3ccccc3n2)CCN(C2CCC2)C1. The smallest absolute Gasteiger partial charge is 0.145 e. The van der Waals surface area contributed by atoms with Crippen LogP contribution in [0.15, 0.2) is 24.3 Å². The Kier molecular flexibility index (Phi) is 4.37. The highest BCUT2D eigenvalue weighted by Crippen LogP contribution is 2.27. The standard InChI is InChI=1S/C19H27N5/c1-14-11-23(9-10-24(12-14)15-5-4-6-15)13-18-21-17-8-3-2-7-16(17)19(20)22-18/h2-3,7-8,14-15H,4-6,9-13H2,1H3,(H2,20,21,22). The Hall–Kier alpha value is -1.72. The quantitative estimate of drug-likeness (QED) is 0.940. The number of nitrogens with zero attached hydrogens (tertiary/aromatic N) is 4. The number of nitrogens with two attached hydrogens (primary N) is 1. The minimum absolute atomic E-state index is 0.592. The first-order valence-corrected chi connectivity index (χ1v) is 9.16. The fourth-order valence-corrected chi connectivity index (χ4v) is 4.00. The molecule has 1 saturated heterocycles. The molecule has 24 heavy (non-hydrogen) atoms. The predicted molar refractivity (Wildman–Crippen MR) is 97.6 cm³/mol. The molecule has 1 saturated carbocycles. The number of fused-ring (bicyclic) bond motifs is 1. The van der Waals surface area contributed by atoms with Crippen molar-refractivity contribution in [3.05, 3.63) is 30.1 Å². The van der Waals surface area contributed by atoms with Crippen LogP contribution in [0, 0.1) is 5.92 Å². The summed E-state index contributed by atoms with van der Waals surface area (Å²) in [5.41, 5.74) is 7.07. The number of aromatic nitrogens is 2. The van der Waals surface area contributed by atoms with Crippen molar-refractivity contribution in [2.45, 2.75) is 38.8 Å². The third kappa shape index (κ3) is 3.23. The van der Waals surface area contributed by atoms with Crippen molar-refractivity contribution in [3.8, 4) is 0 Å². The molecule has 0 spiro atoms. The summed E-state index contributed by atoms with van der Waals surface area (Å²) in [4.78, 5) is 14.5. The van der Waals surface area contributed by atoms with Crippen molar-refractivity contribution in [3.63, 3.8) is 0 Å². The fourth-order valence-electron chi connectivity index (χ4n) is 4.00. The van der Waals surface area contributed by atoms with Gasteiger partial charge in [0.2, 0.25) is 0 Å². The number of hydrogen-bond acceptors (Lipinski definition) is 5. The van der Waals surface area contributed by atoms with Gasteiger partial charge in [0.15, 0.2) is 0 Å². The molecule has 0 bridgehead atoms. The molecule has 5 heteroatoms. The van der Waals surface area contributed by atoms with E-state index in [1.807, 2.05) is 24.3 Å². The van der Waals surface area contributed by atoms with Crippen LogP contribution in [0.2, 0.25) is 0 Å². The maximum Gasteiger partial charge on any atom is 0.145 e. The molecule has 1 aromatic carbocycles. The molecule has 4 rings (SSSR count). The van der Waals surface area contributed by atoms with Crippen LogP contribution in [0.4, 0.5) is 5.82 Å². The average Bonchev–Trinajstić information content (AvgIpc) is 2.67. The molecule has 2 fully saturated rings. The van der Waals surface area contributed by atoms with Gasteiger partial charge >= 0.3 is 0 Å². The van der Waals surface area contributed by atoms with Gasteiger partial charge in [-0.2, -0.15) is 0 Å². The van der Waals surface area contributed by atoms with Crippen LogP contribution < -0.4 is 5.73 Å². The molecule has 1 aliphatic heterocycles. The molecular formula is C19H27N5. The van der Waals surface area contributed by atoms with Crippen molar-refractivity contribution in [1.82, 2.24) is 19.8 Å². The van der Waals surface area contributed by atoms with E-state index in [2.05, 4.69) is 21.7 Å². The van der Waals surface area contributed by atoms with Gasteiger partial charge in [0.25, 0.3) is 0 Å². The molecule has 1 aromatic heterocycles. The van der Waals surface area contributed by atoms with Crippen LogP contribution in [0.25, 0.3) is 10.9 Å². The Balaban J connectivity index is 1.48. The number of para-hydroxylation sites is 1. The van der Waals surface area contributed by atoms with Gasteiger partial charge in [-0.3, -0.25) is 9.80 Å². The topological polar surface area (TPSA) is 58.3 Å². The summed E-state index contributed by atoms with van der Waals surface area (Å²) in [6.45, 7) is 7.74. The van der Waals surface area contributed by atoms with Crippen LogP contribution >= 0.6 is 0 Å². The van der Waals surface area contributed by atoms with Gasteiger partial charge in [-0.05, 0) is 30.9 Å². The number of benzene rings is 1. The Morgan fingerprint density at radius 1 is 1.12 bits per heavy atom. The summed E-state index contributed by atoms with van der Waals surface area (Å²) in [5.74, 6) is 2.12. The van der Waals surface area contributed by atoms with Gasteiger partial charge in [-0.25, -0.2) is 9.97 Å². The molecule has 1 aliphatic carbocycles. The van der Waals surface area contributed by atoms with Crippen LogP contribution in [0.5, 0.6) is 0 Å². The Morgan fingerprint density at radius 2 is 1.96 bits per heavy atom. The Morgan fingerprint density at radius 3 is 2.75 bits per heavy atom. The maximum absolute atomic E-state index is 6.13. The number of rotatable bonds is 3. The lowest BCUT2D eigenvalue weighted by atomic mass is 9.91. The summed E-state index contributed by atoms with van der Waals surface area (Å²) in [5, 5.41) is 0.946. The lowest BCUT2D eigenvalue weighted by molar-refractivity contribution is 0.122. The van der Waals surface area contributed by atoms with Crippen molar-refractivity contribution >= 4 is 16.7 Å². The normalized spacial score (nSPS) is 24.0. The third-order valence-corrected chi connectivity index (χ3v) is 5.45.